The lowest BCUT2D eigenvalue weighted by atomic mass is 10.1. The molecular weight excluding hydrogens is 192 g/mol. The van der Waals surface area contributed by atoms with Crippen molar-refractivity contribution in [2.45, 2.75) is 38.9 Å². The Morgan fingerprint density at radius 2 is 2.13 bits per heavy atom. The summed E-state index contributed by atoms with van der Waals surface area (Å²) in [5.74, 6) is 0. The normalized spacial score (nSPS) is 15.4. The number of rotatable bonds is 9. The highest BCUT2D eigenvalue weighted by molar-refractivity contribution is 5.00. The van der Waals surface area contributed by atoms with Crippen LogP contribution >= 0.6 is 0 Å². The van der Waals surface area contributed by atoms with Crippen LogP contribution in [0.3, 0.4) is 0 Å². The van der Waals surface area contributed by atoms with E-state index in [4.69, 9.17) is 14.6 Å². The lowest BCUT2D eigenvalue weighted by Gasteiger charge is -2.14. The Labute approximate surface area is 92.4 Å². The first kappa shape index (κ1) is 14.4. The van der Waals surface area contributed by atoms with Crippen molar-refractivity contribution >= 4 is 0 Å². The van der Waals surface area contributed by atoms with Gasteiger partial charge in [-0.15, -0.1) is 0 Å². The van der Waals surface area contributed by atoms with Crippen molar-refractivity contribution in [3.63, 3.8) is 0 Å². The van der Waals surface area contributed by atoms with Gasteiger partial charge in [0.2, 0.25) is 0 Å². The van der Waals surface area contributed by atoms with Crippen LogP contribution in [-0.4, -0.2) is 30.7 Å². The first-order chi connectivity index (χ1) is 7.20. The van der Waals surface area contributed by atoms with Gasteiger partial charge in [0.05, 0.1) is 12.2 Å². The van der Waals surface area contributed by atoms with Crippen LogP contribution in [0.15, 0.2) is 24.8 Å². The van der Waals surface area contributed by atoms with E-state index < -0.39 is 0 Å². The highest BCUT2D eigenvalue weighted by Crippen LogP contribution is 2.07. The molecule has 0 saturated carbocycles. The third-order valence-electron chi connectivity index (χ3n) is 1.90. The van der Waals surface area contributed by atoms with Gasteiger partial charge in [-0.2, -0.15) is 0 Å². The van der Waals surface area contributed by atoms with Gasteiger partial charge in [-0.1, -0.05) is 24.8 Å². The summed E-state index contributed by atoms with van der Waals surface area (Å²) in [7, 11) is 0. The average Bonchev–Trinajstić information content (AvgIpc) is 2.21. The van der Waals surface area contributed by atoms with Gasteiger partial charge in [-0.3, -0.25) is 0 Å². The molecule has 0 unspecified atom stereocenters. The molecular formula is C12H22O3. The molecule has 0 amide bonds. The Hall–Kier alpha value is -0.640. The van der Waals surface area contributed by atoms with Gasteiger partial charge < -0.3 is 14.6 Å². The fourth-order valence-electron chi connectivity index (χ4n) is 1.06. The molecule has 88 valence electrons. The Morgan fingerprint density at radius 1 is 1.40 bits per heavy atom. The van der Waals surface area contributed by atoms with Crippen LogP contribution < -0.4 is 0 Å². The molecule has 0 spiro atoms. The standard InChI is InChI=1S/C12H22O3/c1-4-6-7-12(9-8-11(3)13)15-10-14-5-2/h4,6-7,11-13H,1,5,8-10H2,2-3H3/b7-6+/t11-,12+/m1/s1. The monoisotopic (exact) mass is 214 g/mol. The van der Waals surface area contributed by atoms with Crippen LogP contribution in [0.4, 0.5) is 0 Å². The second-order valence-electron chi connectivity index (χ2n) is 3.36. The molecule has 0 aliphatic rings. The van der Waals surface area contributed by atoms with Gasteiger partial charge in [-0.25, -0.2) is 0 Å². The van der Waals surface area contributed by atoms with E-state index in [1.54, 1.807) is 13.0 Å². The zero-order valence-electron chi connectivity index (χ0n) is 9.69. The molecule has 2 atom stereocenters. The topological polar surface area (TPSA) is 38.7 Å². The predicted octanol–water partition coefficient (Wildman–Crippen LogP) is 2.27. The molecule has 1 N–H and O–H groups in total. The highest BCUT2D eigenvalue weighted by Gasteiger charge is 2.06. The summed E-state index contributed by atoms with van der Waals surface area (Å²) in [5, 5.41) is 9.17. The van der Waals surface area contributed by atoms with Crippen molar-refractivity contribution in [3.05, 3.63) is 24.8 Å². The number of allylic oxidation sites excluding steroid dienone is 2. The second-order valence-corrected chi connectivity index (χ2v) is 3.36. The molecule has 0 saturated heterocycles. The molecule has 15 heavy (non-hydrogen) atoms. The van der Waals surface area contributed by atoms with E-state index in [1.165, 1.54) is 0 Å². The van der Waals surface area contributed by atoms with Crippen molar-refractivity contribution in [1.82, 2.24) is 0 Å². The number of ether oxygens (including phenoxy) is 2. The van der Waals surface area contributed by atoms with Gasteiger partial charge in [0.1, 0.15) is 6.79 Å². The predicted molar refractivity (Wildman–Crippen MR) is 61.6 cm³/mol. The zero-order chi connectivity index (χ0) is 11.5. The SMILES string of the molecule is C=C/C=C/[C@@H](CC[C@@H](C)O)OCOCC. The first-order valence-electron chi connectivity index (χ1n) is 5.37. The maximum Gasteiger partial charge on any atom is 0.147 e. The zero-order valence-corrected chi connectivity index (χ0v) is 9.69. The maximum atomic E-state index is 9.17. The van der Waals surface area contributed by atoms with Gasteiger partial charge in [0, 0.05) is 6.61 Å². The van der Waals surface area contributed by atoms with Crippen molar-refractivity contribution in [2.24, 2.45) is 0 Å². The molecule has 0 aliphatic carbocycles. The Morgan fingerprint density at radius 3 is 2.67 bits per heavy atom. The molecule has 0 bridgehead atoms. The number of aliphatic hydroxyl groups is 1. The average molecular weight is 214 g/mol. The van der Waals surface area contributed by atoms with Crippen molar-refractivity contribution in [3.8, 4) is 0 Å². The van der Waals surface area contributed by atoms with Crippen LogP contribution in [-0.2, 0) is 9.47 Å². The van der Waals surface area contributed by atoms with Gasteiger partial charge in [0.15, 0.2) is 0 Å². The van der Waals surface area contributed by atoms with Crippen LogP contribution in [0.5, 0.6) is 0 Å². The highest BCUT2D eigenvalue weighted by atomic mass is 16.7. The van der Waals surface area contributed by atoms with Gasteiger partial charge in [0.25, 0.3) is 0 Å². The molecule has 0 aliphatic heterocycles. The molecule has 0 fully saturated rings. The summed E-state index contributed by atoms with van der Waals surface area (Å²) in [6.45, 7) is 8.24. The summed E-state index contributed by atoms with van der Waals surface area (Å²) in [6, 6.07) is 0. The smallest absolute Gasteiger partial charge is 0.147 e. The van der Waals surface area contributed by atoms with Crippen LogP contribution in [0.2, 0.25) is 0 Å². The molecule has 3 nitrogen and oxygen atoms in total. The molecule has 0 aromatic rings. The van der Waals surface area contributed by atoms with Crippen LogP contribution in [0.25, 0.3) is 0 Å². The first-order valence-corrected chi connectivity index (χ1v) is 5.37. The summed E-state index contributed by atoms with van der Waals surface area (Å²) in [4.78, 5) is 0. The Balaban J connectivity index is 3.83. The number of hydrogen-bond acceptors (Lipinski definition) is 3. The van der Waals surface area contributed by atoms with E-state index in [2.05, 4.69) is 6.58 Å². The number of aliphatic hydroxyl groups excluding tert-OH is 1. The van der Waals surface area contributed by atoms with Crippen molar-refractivity contribution in [2.75, 3.05) is 13.4 Å². The fourth-order valence-corrected chi connectivity index (χ4v) is 1.06. The minimum atomic E-state index is -0.291. The Bertz CT molecular complexity index is 176. The summed E-state index contributed by atoms with van der Waals surface area (Å²) in [5.41, 5.74) is 0. The molecule has 3 heteroatoms. The largest absolute Gasteiger partial charge is 0.393 e. The van der Waals surface area contributed by atoms with Crippen molar-refractivity contribution in [1.29, 1.82) is 0 Å². The van der Waals surface area contributed by atoms with E-state index in [1.807, 2.05) is 19.1 Å². The van der Waals surface area contributed by atoms with E-state index in [0.29, 0.717) is 13.4 Å². The van der Waals surface area contributed by atoms with Gasteiger partial charge in [-0.05, 0) is 26.7 Å². The molecule has 0 rings (SSSR count). The lowest BCUT2D eigenvalue weighted by molar-refractivity contribution is -0.0754. The fraction of sp³-hybridized carbons (Fsp3) is 0.667. The van der Waals surface area contributed by atoms with E-state index in [-0.39, 0.29) is 12.2 Å². The molecule has 0 heterocycles. The minimum absolute atomic E-state index is 0.0100. The Kier molecular flexibility index (Phi) is 9.48. The molecule has 0 radical (unpaired) electrons. The van der Waals surface area contributed by atoms with Gasteiger partial charge >= 0.3 is 0 Å². The number of hydrogen-bond donors (Lipinski definition) is 1. The summed E-state index contributed by atoms with van der Waals surface area (Å²) >= 11 is 0. The third kappa shape index (κ3) is 9.66. The van der Waals surface area contributed by atoms with Crippen LogP contribution in [0, 0.1) is 0 Å². The summed E-state index contributed by atoms with van der Waals surface area (Å²) < 4.78 is 10.6. The minimum Gasteiger partial charge on any atom is -0.393 e. The van der Waals surface area contributed by atoms with Crippen molar-refractivity contribution < 1.29 is 14.6 Å². The summed E-state index contributed by atoms with van der Waals surface area (Å²) in [6.07, 6.45) is 6.68. The third-order valence-corrected chi connectivity index (χ3v) is 1.90. The molecule has 0 aromatic heterocycles. The van der Waals surface area contributed by atoms with E-state index in [0.717, 1.165) is 12.8 Å². The van der Waals surface area contributed by atoms with E-state index in [9.17, 15) is 0 Å². The second kappa shape index (κ2) is 9.90. The maximum absolute atomic E-state index is 9.17. The lowest BCUT2D eigenvalue weighted by Crippen LogP contribution is -2.15. The quantitative estimate of drug-likeness (QED) is 0.363. The molecule has 0 aromatic carbocycles. The van der Waals surface area contributed by atoms with Crippen LogP contribution in [0.1, 0.15) is 26.7 Å². The van der Waals surface area contributed by atoms with E-state index >= 15 is 0 Å².